The van der Waals surface area contributed by atoms with Crippen molar-refractivity contribution < 1.29 is 9.53 Å². The Labute approximate surface area is 110 Å². The molecule has 0 bridgehead atoms. The fourth-order valence-corrected chi connectivity index (χ4v) is 2.51. The lowest BCUT2D eigenvalue weighted by Gasteiger charge is -2.19. The standard InChI is InChI=1S/C14H26N2O2/c1-10(2)5-7-15-13(17)9-16-12-6-8-18-14(12)11-3-4-11/h10-12,14,16H,3-9H2,1-2H3,(H,15,17). The number of ether oxygens (including phenoxy) is 1. The summed E-state index contributed by atoms with van der Waals surface area (Å²) in [6.07, 6.45) is 5.03. The van der Waals surface area contributed by atoms with Crippen molar-refractivity contribution in [3.63, 3.8) is 0 Å². The van der Waals surface area contributed by atoms with Crippen LogP contribution in [0.2, 0.25) is 0 Å². The number of amides is 1. The van der Waals surface area contributed by atoms with E-state index in [0.717, 1.165) is 31.9 Å². The molecule has 2 N–H and O–H groups in total. The van der Waals surface area contributed by atoms with Crippen LogP contribution in [-0.2, 0) is 9.53 Å². The van der Waals surface area contributed by atoms with Gasteiger partial charge in [-0.1, -0.05) is 13.8 Å². The summed E-state index contributed by atoms with van der Waals surface area (Å²) in [6, 6.07) is 0.383. The Morgan fingerprint density at radius 1 is 1.33 bits per heavy atom. The third-order valence-electron chi connectivity index (χ3n) is 3.79. The predicted octanol–water partition coefficient (Wildman–Crippen LogP) is 1.31. The van der Waals surface area contributed by atoms with Gasteiger partial charge in [-0.15, -0.1) is 0 Å². The third kappa shape index (κ3) is 4.25. The molecular formula is C14H26N2O2. The molecule has 1 aliphatic carbocycles. The Morgan fingerprint density at radius 2 is 2.11 bits per heavy atom. The molecule has 0 aromatic rings. The van der Waals surface area contributed by atoms with Gasteiger partial charge in [0.25, 0.3) is 0 Å². The number of carbonyl (C=O) groups is 1. The van der Waals surface area contributed by atoms with Gasteiger partial charge in [-0.05, 0) is 37.5 Å². The van der Waals surface area contributed by atoms with Gasteiger partial charge in [0.1, 0.15) is 0 Å². The van der Waals surface area contributed by atoms with E-state index in [1.165, 1.54) is 12.8 Å². The smallest absolute Gasteiger partial charge is 0.233 e. The number of hydrogen-bond donors (Lipinski definition) is 2. The topological polar surface area (TPSA) is 50.4 Å². The van der Waals surface area contributed by atoms with Crippen LogP contribution in [0.5, 0.6) is 0 Å². The largest absolute Gasteiger partial charge is 0.376 e. The molecule has 2 aliphatic rings. The van der Waals surface area contributed by atoms with Crippen molar-refractivity contribution >= 4 is 5.91 Å². The van der Waals surface area contributed by atoms with Gasteiger partial charge in [0.2, 0.25) is 5.91 Å². The molecule has 1 amide bonds. The maximum absolute atomic E-state index is 11.7. The van der Waals surface area contributed by atoms with E-state index in [1.807, 2.05) is 0 Å². The SMILES string of the molecule is CC(C)CCNC(=O)CNC1CCOC1C1CC1. The molecule has 1 heterocycles. The van der Waals surface area contributed by atoms with Crippen molar-refractivity contribution in [3.05, 3.63) is 0 Å². The van der Waals surface area contributed by atoms with Gasteiger partial charge in [0, 0.05) is 19.2 Å². The first-order valence-corrected chi connectivity index (χ1v) is 7.28. The lowest BCUT2D eigenvalue weighted by molar-refractivity contribution is -0.120. The minimum Gasteiger partial charge on any atom is -0.376 e. The Bertz CT molecular complexity index is 277. The average Bonchev–Trinajstić information content (AvgIpc) is 3.05. The molecule has 0 aromatic heterocycles. The van der Waals surface area contributed by atoms with E-state index in [-0.39, 0.29) is 5.91 Å². The summed E-state index contributed by atoms with van der Waals surface area (Å²) in [6.45, 7) is 6.38. The molecule has 2 atom stereocenters. The zero-order valence-electron chi connectivity index (χ0n) is 11.6. The van der Waals surface area contributed by atoms with E-state index >= 15 is 0 Å². The maximum Gasteiger partial charge on any atom is 0.233 e. The zero-order chi connectivity index (χ0) is 13.0. The number of nitrogens with one attached hydrogen (secondary N) is 2. The molecule has 0 aromatic carbocycles. The molecule has 1 aliphatic heterocycles. The summed E-state index contributed by atoms with van der Waals surface area (Å²) in [4.78, 5) is 11.7. The van der Waals surface area contributed by atoms with Crippen molar-refractivity contribution in [2.24, 2.45) is 11.8 Å². The van der Waals surface area contributed by atoms with Crippen LogP contribution >= 0.6 is 0 Å². The van der Waals surface area contributed by atoms with Crippen LogP contribution < -0.4 is 10.6 Å². The van der Waals surface area contributed by atoms with Gasteiger partial charge in [-0.25, -0.2) is 0 Å². The highest BCUT2D eigenvalue weighted by Gasteiger charge is 2.40. The first kappa shape index (κ1) is 13.8. The highest BCUT2D eigenvalue weighted by atomic mass is 16.5. The zero-order valence-corrected chi connectivity index (χ0v) is 11.6. The van der Waals surface area contributed by atoms with E-state index in [2.05, 4.69) is 24.5 Å². The minimum atomic E-state index is 0.108. The van der Waals surface area contributed by atoms with E-state index < -0.39 is 0 Å². The van der Waals surface area contributed by atoms with E-state index in [0.29, 0.717) is 24.6 Å². The van der Waals surface area contributed by atoms with E-state index in [9.17, 15) is 4.79 Å². The van der Waals surface area contributed by atoms with Crippen LogP contribution in [0.3, 0.4) is 0 Å². The van der Waals surface area contributed by atoms with Crippen molar-refractivity contribution in [2.45, 2.75) is 51.7 Å². The molecule has 104 valence electrons. The highest BCUT2D eigenvalue weighted by Crippen LogP contribution is 2.38. The summed E-state index contributed by atoms with van der Waals surface area (Å²) in [5.41, 5.74) is 0. The maximum atomic E-state index is 11.7. The predicted molar refractivity (Wildman–Crippen MR) is 71.3 cm³/mol. The molecule has 1 saturated heterocycles. The Kier molecular flexibility index (Phi) is 5.01. The summed E-state index contributed by atoms with van der Waals surface area (Å²) in [7, 11) is 0. The second-order valence-electron chi connectivity index (χ2n) is 5.98. The van der Waals surface area contributed by atoms with Crippen LogP contribution in [0.15, 0.2) is 0 Å². The first-order chi connectivity index (χ1) is 8.66. The Balaban J connectivity index is 1.60. The van der Waals surface area contributed by atoms with Crippen LogP contribution in [0, 0.1) is 11.8 Å². The average molecular weight is 254 g/mol. The second-order valence-corrected chi connectivity index (χ2v) is 5.98. The molecule has 2 unspecified atom stereocenters. The van der Waals surface area contributed by atoms with E-state index in [4.69, 9.17) is 4.74 Å². The molecule has 2 rings (SSSR count). The van der Waals surface area contributed by atoms with Gasteiger partial charge in [-0.3, -0.25) is 4.79 Å². The van der Waals surface area contributed by atoms with Crippen LogP contribution in [0.4, 0.5) is 0 Å². The number of rotatable bonds is 7. The van der Waals surface area contributed by atoms with Crippen molar-refractivity contribution in [2.75, 3.05) is 19.7 Å². The molecule has 0 radical (unpaired) electrons. The molecular weight excluding hydrogens is 228 g/mol. The van der Waals surface area contributed by atoms with Gasteiger partial charge < -0.3 is 15.4 Å². The van der Waals surface area contributed by atoms with Crippen molar-refractivity contribution in [1.29, 1.82) is 0 Å². The highest BCUT2D eigenvalue weighted by molar-refractivity contribution is 5.77. The molecule has 0 spiro atoms. The fraction of sp³-hybridized carbons (Fsp3) is 0.929. The Morgan fingerprint density at radius 3 is 2.78 bits per heavy atom. The summed E-state index contributed by atoms with van der Waals surface area (Å²) >= 11 is 0. The van der Waals surface area contributed by atoms with Crippen molar-refractivity contribution in [3.8, 4) is 0 Å². The molecule has 2 fully saturated rings. The minimum absolute atomic E-state index is 0.108. The summed E-state index contributed by atoms with van der Waals surface area (Å²) in [5.74, 6) is 1.49. The lowest BCUT2D eigenvalue weighted by atomic mass is 10.1. The second kappa shape index (κ2) is 6.53. The lowest BCUT2D eigenvalue weighted by Crippen LogP contribution is -2.43. The molecule has 1 saturated carbocycles. The molecule has 4 nitrogen and oxygen atoms in total. The number of hydrogen-bond acceptors (Lipinski definition) is 3. The quantitative estimate of drug-likeness (QED) is 0.720. The monoisotopic (exact) mass is 254 g/mol. The van der Waals surface area contributed by atoms with Crippen LogP contribution in [0.1, 0.15) is 39.5 Å². The third-order valence-corrected chi connectivity index (χ3v) is 3.79. The summed E-state index contributed by atoms with van der Waals surface area (Å²) in [5, 5.41) is 6.31. The Hall–Kier alpha value is -0.610. The normalized spacial score (nSPS) is 27.7. The van der Waals surface area contributed by atoms with Gasteiger partial charge >= 0.3 is 0 Å². The molecule has 4 heteroatoms. The fourth-order valence-electron chi connectivity index (χ4n) is 2.51. The molecule has 18 heavy (non-hydrogen) atoms. The van der Waals surface area contributed by atoms with Crippen molar-refractivity contribution in [1.82, 2.24) is 10.6 Å². The summed E-state index contributed by atoms with van der Waals surface area (Å²) < 4.78 is 5.74. The van der Waals surface area contributed by atoms with Crippen LogP contribution in [-0.4, -0.2) is 37.7 Å². The van der Waals surface area contributed by atoms with Gasteiger partial charge in [-0.2, -0.15) is 0 Å². The van der Waals surface area contributed by atoms with E-state index in [1.54, 1.807) is 0 Å². The van der Waals surface area contributed by atoms with Crippen LogP contribution in [0.25, 0.3) is 0 Å². The van der Waals surface area contributed by atoms with Gasteiger partial charge in [0.05, 0.1) is 12.6 Å². The number of carbonyl (C=O) groups excluding carboxylic acids is 1. The first-order valence-electron chi connectivity index (χ1n) is 7.28. The van der Waals surface area contributed by atoms with Gasteiger partial charge in [0.15, 0.2) is 0 Å².